The van der Waals surface area contributed by atoms with Gasteiger partial charge < -0.3 is 19.8 Å². The Morgan fingerprint density at radius 2 is 1.89 bits per heavy atom. The monoisotopic (exact) mass is 444 g/mol. The Morgan fingerprint density at radius 3 is 2.64 bits per heavy atom. The van der Waals surface area contributed by atoms with Crippen molar-refractivity contribution in [3.8, 4) is 5.75 Å². The van der Waals surface area contributed by atoms with Crippen molar-refractivity contribution >= 4 is 38.7 Å². The van der Waals surface area contributed by atoms with Crippen molar-refractivity contribution in [3.63, 3.8) is 0 Å². The zero-order valence-corrected chi connectivity index (χ0v) is 17.0. The van der Waals surface area contributed by atoms with Crippen molar-refractivity contribution in [1.29, 1.82) is 0 Å². The first kappa shape index (κ1) is 19.9. The smallest absolute Gasteiger partial charge is 0.328 e. The second kappa shape index (κ2) is 9.41. The summed E-state index contributed by atoms with van der Waals surface area (Å²) >= 11 is 3.35. The van der Waals surface area contributed by atoms with Gasteiger partial charge in [-0.3, -0.25) is 4.79 Å². The van der Waals surface area contributed by atoms with Crippen molar-refractivity contribution < 1.29 is 19.1 Å². The van der Waals surface area contributed by atoms with E-state index in [2.05, 4.69) is 26.2 Å². The molecule has 0 aliphatic rings. The van der Waals surface area contributed by atoms with E-state index in [1.165, 1.54) is 0 Å². The second-order valence-electron chi connectivity index (χ2n) is 6.18. The molecule has 146 valence electrons. The molecule has 0 radical (unpaired) electrons. The van der Waals surface area contributed by atoms with Crippen LogP contribution in [0, 0.1) is 0 Å². The van der Waals surface area contributed by atoms with Crippen LogP contribution in [0.2, 0.25) is 0 Å². The Morgan fingerprint density at radius 1 is 1.14 bits per heavy atom. The molecular formula is C21H21BrN2O4. The highest BCUT2D eigenvalue weighted by atomic mass is 79.9. The second-order valence-corrected chi connectivity index (χ2v) is 7.09. The maximum atomic E-state index is 12.4. The molecule has 0 aliphatic carbocycles. The lowest BCUT2D eigenvalue weighted by Gasteiger charge is -2.17. The average molecular weight is 445 g/mol. The highest BCUT2D eigenvalue weighted by Crippen LogP contribution is 2.19. The van der Waals surface area contributed by atoms with Crippen LogP contribution in [0.5, 0.6) is 5.75 Å². The van der Waals surface area contributed by atoms with Crippen LogP contribution in [0.25, 0.3) is 10.9 Å². The van der Waals surface area contributed by atoms with Gasteiger partial charge in [0.1, 0.15) is 11.8 Å². The SMILES string of the molecule is CCOC(=O)C(Cc1c[nH]c2ccccc12)NC(=O)COc1ccc(Br)cc1. The number of fused-ring (bicyclic) bond motifs is 1. The molecule has 1 atom stereocenters. The highest BCUT2D eigenvalue weighted by molar-refractivity contribution is 9.10. The molecule has 1 unspecified atom stereocenters. The zero-order chi connectivity index (χ0) is 19.9. The number of aromatic amines is 1. The average Bonchev–Trinajstić information content (AvgIpc) is 3.10. The van der Waals surface area contributed by atoms with Gasteiger partial charge in [-0.1, -0.05) is 34.1 Å². The Kier molecular flexibility index (Phi) is 6.71. The minimum Gasteiger partial charge on any atom is -0.484 e. The summed E-state index contributed by atoms with van der Waals surface area (Å²) < 4.78 is 11.5. The summed E-state index contributed by atoms with van der Waals surface area (Å²) in [6, 6.07) is 14.2. The largest absolute Gasteiger partial charge is 0.484 e. The number of rotatable bonds is 8. The van der Waals surface area contributed by atoms with E-state index in [1.54, 1.807) is 19.1 Å². The minimum atomic E-state index is -0.792. The maximum absolute atomic E-state index is 12.4. The Hall–Kier alpha value is -2.80. The summed E-state index contributed by atoms with van der Waals surface area (Å²) in [5, 5.41) is 3.74. The Balaban J connectivity index is 1.66. The molecule has 0 bridgehead atoms. The molecular weight excluding hydrogens is 424 g/mol. The van der Waals surface area contributed by atoms with Crippen LogP contribution in [0.4, 0.5) is 0 Å². The normalized spacial score (nSPS) is 11.8. The summed E-state index contributed by atoms with van der Waals surface area (Å²) in [4.78, 5) is 27.9. The molecule has 0 saturated heterocycles. The number of ether oxygens (including phenoxy) is 2. The number of carbonyl (C=O) groups is 2. The lowest BCUT2D eigenvalue weighted by Crippen LogP contribution is -2.45. The first-order valence-corrected chi connectivity index (χ1v) is 9.75. The molecule has 3 aromatic rings. The number of para-hydroxylation sites is 1. The van der Waals surface area contributed by atoms with Crippen LogP contribution in [-0.2, 0) is 20.7 Å². The van der Waals surface area contributed by atoms with Crippen molar-refractivity contribution in [2.75, 3.05) is 13.2 Å². The van der Waals surface area contributed by atoms with E-state index in [0.717, 1.165) is 20.9 Å². The van der Waals surface area contributed by atoms with Crippen molar-refractivity contribution in [1.82, 2.24) is 10.3 Å². The number of amides is 1. The van der Waals surface area contributed by atoms with E-state index in [9.17, 15) is 9.59 Å². The molecule has 1 aromatic heterocycles. The van der Waals surface area contributed by atoms with E-state index < -0.39 is 12.0 Å². The predicted octanol–water partition coefficient (Wildman–Crippen LogP) is 3.60. The molecule has 3 rings (SSSR count). The van der Waals surface area contributed by atoms with Gasteiger partial charge in [-0.25, -0.2) is 4.79 Å². The van der Waals surface area contributed by atoms with Crippen LogP contribution < -0.4 is 10.1 Å². The fraction of sp³-hybridized carbons (Fsp3) is 0.238. The molecule has 28 heavy (non-hydrogen) atoms. The van der Waals surface area contributed by atoms with Gasteiger partial charge in [-0.2, -0.15) is 0 Å². The van der Waals surface area contributed by atoms with Crippen LogP contribution in [0.3, 0.4) is 0 Å². The quantitative estimate of drug-likeness (QED) is 0.520. The summed E-state index contributed by atoms with van der Waals surface area (Å²) in [5.41, 5.74) is 1.91. The molecule has 0 fully saturated rings. The number of carbonyl (C=O) groups excluding carboxylic acids is 2. The number of hydrogen-bond acceptors (Lipinski definition) is 4. The first-order chi connectivity index (χ1) is 13.6. The van der Waals surface area contributed by atoms with Gasteiger partial charge in [-0.15, -0.1) is 0 Å². The van der Waals surface area contributed by atoms with Crippen molar-refractivity contribution in [2.45, 2.75) is 19.4 Å². The molecule has 2 N–H and O–H groups in total. The molecule has 7 heteroatoms. The van der Waals surface area contributed by atoms with Gasteiger partial charge in [0.05, 0.1) is 6.61 Å². The number of nitrogens with one attached hydrogen (secondary N) is 2. The lowest BCUT2D eigenvalue weighted by atomic mass is 10.0. The van der Waals surface area contributed by atoms with E-state index in [4.69, 9.17) is 9.47 Å². The fourth-order valence-corrected chi connectivity index (χ4v) is 3.14. The topological polar surface area (TPSA) is 80.4 Å². The zero-order valence-electron chi connectivity index (χ0n) is 15.4. The van der Waals surface area contributed by atoms with Crippen LogP contribution in [0.1, 0.15) is 12.5 Å². The molecule has 0 saturated carbocycles. The van der Waals surface area contributed by atoms with Crippen molar-refractivity contribution in [2.24, 2.45) is 0 Å². The molecule has 6 nitrogen and oxygen atoms in total. The fourth-order valence-electron chi connectivity index (χ4n) is 2.87. The summed E-state index contributed by atoms with van der Waals surface area (Å²) in [6.45, 7) is 1.79. The number of H-pyrrole nitrogens is 1. The highest BCUT2D eigenvalue weighted by Gasteiger charge is 2.24. The predicted molar refractivity (Wildman–Crippen MR) is 110 cm³/mol. The van der Waals surface area contributed by atoms with Gasteiger partial charge in [-0.05, 0) is 42.8 Å². The summed E-state index contributed by atoms with van der Waals surface area (Å²) in [7, 11) is 0. The first-order valence-electron chi connectivity index (χ1n) is 8.96. The van der Waals surface area contributed by atoms with Crippen LogP contribution >= 0.6 is 15.9 Å². The summed E-state index contributed by atoms with van der Waals surface area (Å²) in [5.74, 6) is -0.284. The van der Waals surface area contributed by atoms with Crippen LogP contribution in [0.15, 0.2) is 59.2 Å². The number of halogens is 1. The van der Waals surface area contributed by atoms with Gasteiger partial charge in [0.25, 0.3) is 5.91 Å². The third-order valence-corrected chi connectivity index (χ3v) is 4.72. The standard InChI is InChI=1S/C21H21BrN2O4/c1-2-27-21(26)19(11-14-12-23-18-6-4-3-5-17(14)18)24-20(25)13-28-16-9-7-15(22)8-10-16/h3-10,12,19,23H,2,11,13H2,1H3,(H,24,25). The van der Waals surface area contributed by atoms with Gasteiger partial charge in [0.15, 0.2) is 6.61 Å². The van der Waals surface area contributed by atoms with Gasteiger partial charge >= 0.3 is 5.97 Å². The number of esters is 1. The van der Waals surface area contributed by atoms with Crippen LogP contribution in [-0.4, -0.2) is 36.1 Å². The molecule has 0 aliphatic heterocycles. The van der Waals surface area contributed by atoms with E-state index in [-0.39, 0.29) is 19.1 Å². The molecule has 0 spiro atoms. The van der Waals surface area contributed by atoms with E-state index in [1.807, 2.05) is 42.6 Å². The van der Waals surface area contributed by atoms with E-state index >= 15 is 0 Å². The molecule has 1 amide bonds. The third kappa shape index (κ3) is 5.13. The summed E-state index contributed by atoms with van der Waals surface area (Å²) in [6.07, 6.45) is 2.17. The Bertz CT molecular complexity index is 952. The third-order valence-electron chi connectivity index (χ3n) is 4.19. The number of aromatic nitrogens is 1. The number of benzene rings is 2. The molecule has 1 heterocycles. The minimum absolute atomic E-state index is 0.189. The van der Waals surface area contributed by atoms with Gasteiger partial charge in [0, 0.05) is 28.0 Å². The lowest BCUT2D eigenvalue weighted by molar-refractivity contribution is -0.147. The Labute approximate surface area is 171 Å². The van der Waals surface area contributed by atoms with Crippen molar-refractivity contribution in [3.05, 3.63) is 64.8 Å². The maximum Gasteiger partial charge on any atom is 0.328 e. The molecule has 2 aromatic carbocycles. The van der Waals surface area contributed by atoms with Gasteiger partial charge in [0.2, 0.25) is 0 Å². The van der Waals surface area contributed by atoms with E-state index in [0.29, 0.717) is 12.2 Å². The number of hydrogen-bond donors (Lipinski definition) is 2.